The normalized spacial score (nSPS) is 25.1. The van der Waals surface area contributed by atoms with Gasteiger partial charge in [0.2, 0.25) is 0 Å². The number of nitrogens with one attached hydrogen (secondary N) is 1. The van der Waals surface area contributed by atoms with Crippen LogP contribution in [0.1, 0.15) is 20.8 Å². The van der Waals surface area contributed by atoms with Gasteiger partial charge in [-0.15, -0.1) is 6.42 Å². The lowest BCUT2D eigenvalue weighted by Gasteiger charge is -2.35. The van der Waals surface area contributed by atoms with Crippen LogP contribution in [-0.4, -0.2) is 31.1 Å². The van der Waals surface area contributed by atoms with Crippen molar-refractivity contribution in [1.82, 2.24) is 5.32 Å². The molecule has 1 aliphatic rings. The van der Waals surface area contributed by atoms with E-state index >= 15 is 0 Å². The molecular weight excluding hydrogens is 166 g/mol. The minimum Gasteiger partial charge on any atom is -0.349 e. The maximum absolute atomic E-state index is 5.47. The second-order valence-corrected chi connectivity index (χ2v) is 3.77. The number of hydrogen-bond donors (Lipinski definition) is 1. The topological polar surface area (TPSA) is 30.5 Å². The van der Waals surface area contributed by atoms with Crippen LogP contribution in [0.15, 0.2) is 0 Å². The molecule has 1 atom stereocenters. The van der Waals surface area contributed by atoms with Gasteiger partial charge in [-0.05, 0) is 20.8 Å². The molecule has 74 valence electrons. The summed E-state index contributed by atoms with van der Waals surface area (Å²) in [5.74, 6) is 2.16. The predicted octanol–water partition coefficient (Wildman–Crippen LogP) is 0.749. The fourth-order valence-corrected chi connectivity index (χ4v) is 1.19. The second-order valence-electron chi connectivity index (χ2n) is 3.77. The average molecular weight is 183 g/mol. The lowest BCUT2D eigenvalue weighted by molar-refractivity contribution is -0.253. The third kappa shape index (κ3) is 3.35. The molecule has 1 N–H and O–H groups in total. The summed E-state index contributed by atoms with van der Waals surface area (Å²) < 4.78 is 10.9. The minimum atomic E-state index is -0.447. The third-order valence-corrected chi connectivity index (χ3v) is 2.00. The first kappa shape index (κ1) is 10.5. The Morgan fingerprint density at radius 3 is 2.46 bits per heavy atom. The predicted molar refractivity (Wildman–Crippen MR) is 51.2 cm³/mol. The van der Waals surface area contributed by atoms with Crippen LogP contribution in [0.3, 0.4) is 0 Å². The number of ether oxygens (including phenoxy) is 2. The first-order chi connectivity index (χ1) is 6.03. The summed E-state index contributed by atoms with van der Waals surface area (Å²) in [5, 5.41) is 3.22. The Labute approximate surface area is 79.8 Å². The van der Waals surface area contributed by atoms with Crippen molar-refractivity contribution in [3.63, 3.8) is 0 Å². The van der Waals surface area contributed by atoms with E-state index in [1.165, 1.54) is 0 Å². The maximum Gasteiger partial charge on any atom is 0.162 e. The molecular formula is C10H17NO2. The van der Waals surface area contributed by atoms with Gasteiger partial charge in [0.1, 0.15) is 0 Å². The Morgan fingerprint density at radius 2 is 2.00 bits per heavy atom. The van der Waals surface area contributed by atoms with Crippen molar-refractivity contribution in [3.8, 4) is 12.3 Å². The third-order valence-electron chi connectivity index (χ3n) is 2.00. The van der Waals surface area contributed by atoms with Crippen LogP contribution in [-0.2, 0) is 9.47 Å². The minimum absolute atomic E-state index is 0.0680. The molecule has 0 bridgehead atoms. The van der Waals surface area contributed by atoms with Gasteiger partial charge in [-0.25, -0.2) is 0 Å². The van der Waals surface area contributed by atoms with Crippen LogP contribution in [0.4, 0.5) is 0 Å². The van der Waals surface area contributed by atoms with Crippen LogP contribution in [0.2, 0.25) is 0 Å². The summed E-state index contributed by atoms with van der Waals surface area (Å²) >= 11 is 0. The van der Waals surface area contributed by atoms with Gasteiger partial charge in [0.15, 0.2) is 5.79 Å². The van der Waals surface area contributed by atoms with Gasteiger partial charge >= 0.3 is 0 Å². The summed E-state index contributed by atoms with van der Waals surface area (Å²) in [5.41, 5.74) is 0. The van der Waals surface area contributed by atoms with Crippen LogP contribution in [0.5, 0.6) is 0 Å². The quantitative estimate of drug-likeness (QED) is 0.641. The zero-order chi connectivity index (χ0) is 9.90. The zero-order valence-electron chi connectivity index (χ0n) is 8.46. The van der Waals surface area contributed by atoms with Gasteiger partial charge in [0.05, 0.1) is 25.3 Å². The fourth-order valence-electron chi connectivity index (χ4n) is 1.19. The van der Waals surface area contributed by atoms with Crippen LogP contribution in [0, 0.1) is 12.3 Å². The van der Waals surface area contributed by atoms with E-state index in [4.69, 9.17) is 15.9 Å². The molecule has 0 radical (unpaired) electrons. The summed E-state index contributed by atoms with van der Waals surface area (Å²) in [6.45, 7) is 7.07. The van der Waals surface area contributed by atoms with Crippen molar-refractivity contribution < 1.29 is 9.47 Å². The lowest BCUT2D eigenvalue weighted by atomic mass is 10.2. The molecule has 0 aromatic heterocycles. The van der Waals surface area contributed by atoms with Gasteiger partial charge < -0.3 is 9.47 Å². The Hall–Kier alpha value is -0.560. The molecule has 1 unspecified atom stereocenters. The summed E-state index contributed by atoms with van der Waals surface area (Å²) in [6.07, 6.45) is 5.25. The maximum atomic E-state index is 5.47. The molecule has 1 fully saturated rings. The molecule has 3 nitrogen and oxygen atoms in total. The second kappa shape index (κ2) is 4.10. The van der Waals surface area contributed by atoms with E-state index in [9.17, 15) is 0 Å². The van der Waals surface area contributed by atoms with E-state index in [-0.39, 0.29) is 12.1 Å². The molecule has 1 heterocycles. The summed E-state index contributed by atoms with van der Waals surface area (Å²) in [7, 11) is 0. The molecule has 3 heteroatoms. The lowest BCUT2D eigenvalue weighted by Crippen LogP contribution is -2.50. The smallest absolute Gasteiger partial charge is 0.162 e. The summed E-state index contributed by atoms with van der Waals surface area (Å²) in [4.78, 5) is 0. The highest BCUT2D eigenvalue weighted by atomic mass is 16.7. The number of rotatable bonds is 2. The first-order valence-corrected chi connectivity index (χ1v) is 4.53. The molecule has 13 heavy (non-hydrogen) atoms. The zero-order valence-corrected chi connectivity index (χ0v) is 8.46. The van der Waals surface area contributed by atoms with Gasteiger partial charge in [-0.1, -0.05) is 5.92 Å². The van der Waals surface area contributed by atoms with Crippen molar-refractivity contribution >= 4 is 0 Å². The highest BCUT2D eigenvalue weighted by Gasteiger charge is 2.28. The Bertz CT molecular complexity index is 197. The number of terminal acetylenes is 1. The van der Waals surface area contributed by atoms with E-state index in [0.29, 0.717) is 13.2 Å². The van der Waals surface area contributed by atoms with E-state index in [1.807, 2.05) is 20.8 Å². The Balaban J connectivity index is 2.30. The van der Waals surface area contributed by atoms with Gasteiger partial charge in [0.25, 0.3) is 0 Å². The monoisotopic (exact) mass is 183 g/mol. The Kier molecular flexibility index (Phi) is 3.32. The van der Waals surface area contributed by atoms with Crippen LogP contribution >= 0.6 is 0 Å². The molecule has 1 aliphatic heterocycles. The van der Waals surface area contributed by atoms with Crippen LogP contribution in [0.25, 0.3) is 0 Å². The van der Waals surface area contributed by atoms with Crippen molar-refractivity contribution in [2.75, 3.05) is 13.2 Å². The SMILES string of the molecule is C#CC(C)NC1COC(C)(C)OC1. The van der Waals surface area contributed by atoms with Gasteiger partial charge in [0, 0.05) is 0 Å². The van der Waals surface area contributed by atoms with Crippen LogP contribution < -0.4 is 5.32 Å². The molecule has 0 aromatic rings. The summed E-state index contributed by atoms with van der Waals surface area (Å²) in [6, 6.07) is 0.275. The van der Waals surface area contributed by atoms with E-state index < -0.39 is 5.79 Å². The van der Waals surface area contributed by atoms with Gasteiger partial charge in [-0.2, -0.15) is 0 Å². The van der Waals surface area contributed by atoms with Crippen molar-refractivity contribution in [3.05, 3.63) is 0 Å². The standard InChI is InChI=1S/C10H17NO2/c1-5-8(2)11-9-6-12-10(3,4)13-7-9/h1,8-9,11H,6-7H2,2-4H3. The Morgan fingerprint density at radius 1 is 1.46 bits per heavy atom. The van der Waals surface area contributed by atoms with E-state index in [0.717, 1.165) is 0 Å². The molecule has 0 aliphatic carbocycles. The molecule has 0 spiro atoms. The van der Waals surface area contributed by atoms with E-state index in [1.54, 1.807) is 0 Å². The largest absolute Gasteiger partial charge is 0.349 e. The van der Waals surface area contributed by atoms with Gasteiger partial charge in [-0.3, -0.25) is 5.32 Å². The van der Waals surface area contributed by atoms with Crippen molar-refractivity contribution in [2.45, 2.75) is 38.6 Å². The fraction of sp³-hybridized carbons (Fsp3) is 0.800. The molecule has 0 aromatic carbocycles. The first-order valence-electron chi connectivity index (χ1n) is 4.53. The van der Waals surface area contributed by atoms with E-state index in [2.05, 4.69) is 11.2 Å². The molecule has 1 saturated heterocycles. The molecule has 0 amide bonds. The highest BCUT2D eigenvalue weighted by Crippen LogP contribution is 2.16. The van der Waals surface area contributed by atoms with Crippen molar-refractivity contribution in [2.24, 2.45) is 0 Å². The number of hydrogen-bond acceptors (Lipinski definition) is 3. The highest BCUT2D eigenvalue weighted by molar-refractivity contribution is 4.97. The molecule has 0 saturated carbocycles. The average Bonchev–Trinajstić information content (AvgIpc) is 2.08. The van der Waals surface area contributed by atoms with Crippen molar-refractivity contribution in [1.29, 1.82) is 0 Å². The molecule has 1 rings (SSSR count).